The summed E-state index contributed by atoms with van der Waals surface area (Å²) in [5.74, 6) is 0. The number of phosphoric acid groups is 4. The van der Waals surface area contributed by atoms with Gasteiger partial charge in [-0.25, -0.2) is 23.1 Å². The van der Waals surface area contributed by atoms with E-state index in [1.165, 1.54) is 0 Å². The lowest BCUT2D eigenvalue weighted by molar-refractivity contribution is 0.115. The van der Waals surface area contributed by atoms with E-state index in [1.54, 1.807) is 0 Å². The highest BCUT2D eigenvalue weighted by Gasteiger charge is 2.41. The molecule has 0 radical (unpaired) electrons. The first-order chi connectivity index (χ1) is 8.52. The number of rotatable bonds is 6. The van der Waals surface area contributed by atoms with Crippen molar-refractivity contribution in [1.82, 2.24) is 0 Å². The van der Waals surface area contributed by atoms with Gasteiger partial charge in [0.1, 0.15) is 0 Å². The first-order valence-electron chi connectivity index (χ1n) is 3.64. The second-order valence-corrected chi connectivity index (χ2v) is 8.02. The summed E-state index contributed by atoms with van der Waals surface area (Å²) in [5.41, 5.74) is 0. The standard InChI is InChI=1S/CH6O15P4/c2-1(13-19(9,10)15-17(3,4)5)14-20(11,12)16-18(6,7)8/h(H,9,10)(H,11,12)(H2,3,4,5)(H2,6,7,8). The molecule has 0 aliphatic rings. The third-order valence-corrected chi connectivity index (χ3v) is 4.91. The van der Waals surface area contributed by atoms with Gasteiger partial charge in [0.05, 0.1) is 0 Å². The smallest absolute Gasteiger partial charge is 0.337 e. The normalized spacial score (nSPS) is 18.7. The second-order valence-electron chi connectivity index (χ2n) is 2.51. The van der Waals surface area contributed by atoms with Gasteiger partial charge in [-0.15, -0.1) is 0 Å². The van der Waals surface area contributed by atoms with Gasteiger partial charge >= 0.3 is 37.4 Å². The summed E-state index contributed by atoms with van der Waals surface area (Å²) in [4.78, 5) is 60.5. The van der Waals surface area contributed by atoms with Crippen LogP contribution in [0.25, 0.3) is 0 Å². The zero-order valence-corrected chi connectivity index (χ0v) is 12.2. The van der Waals surface area contributed by atoms with E-state index < -0.39 is 37.4 Å². The molecule has 0 fully saturated rings. The van der Waals surface area contributed by atoms with Gasteiger partial charge in [0.25, 0.3) is 0 Å². The number of carbonyl (C=O) groups excluding carboxylic acids is 1. The van der Waals surface area contributed by atoms with Crippen LogP contribution in [-0.4, -0.2) is 35.5 Å². The summed E-state index contributed by atoms with van der Waals surface area (Å²) in [6, 6.07) is 0. The molecular formula is CH6O15P4. The van der Waals surface area contributed by atoms with Crippen LogP contribution in [-0.2, 0) is 35.9 Å². The van der Waals surface area contributed by atoms with Gasteiger partial charge in [0.2, 0.25) is 0 Å². The average molecular weight is 382 g/mol. The fourth-order valence-corrected chi connectivity index (χ4v) is 3.43. The fourth-order valence-electron chi connectivity index (χ4n) is 0.507. The molecule has 0 aromatic carbocycles. The van der Waals surface area contributed by atoms with Crippen molar-refractivity contribution in [3.8, 4) is 0 Å². The molecule has 0 amide bonds. The van der Waals surface area contributed by atoms with Gasteiger partial charge in [-0.1, -0.05) is 0 Å². The van der Waals surface area contributed by atoms with Crippen molar-refractivity contribution in [2.45, 2.75) is 0 Å². The summed E-state index contributed by atoms with van der Waals surface area (Å²) < 4.78 is 54.6. The monoisotopic (exact) mass is 382 g/mol. The predicted molar refractivity (Wildman–Crippen MR) is 53.5 cm³/mol. The maximum absolute atomic E-state index is 10.8. The Bertz CT molecular complexity index is 496. The molecule has 0 saturated heterocycles. The van der Waals surface area contributed by atoms with Gasteiger partial charge in [-0.3, -0.25) is 9.79 Å². The molecule has 0 aliphatic heterocycles. The fraction of sp³-hybridized carbons (Fsp3) is 0. The molecule has 120 valence electrons. The van der Waals surface area contributed by atoms with Gasteiger partial charge < -0.3 is 28.6 Å². The zero-order valence-electron chi connectivity index (χ0n) is 8.65. The van der Waals surface area contributed by atoms with Crippen molar-refractivity contribution in [3.63, 3.8) is 0 Å². The lowest BCUT2D eigenvalue weighted by Crippen LogP contribution is -2.06. The van der Waals surface area contributed by atoms with Crippen molar-refractivity contribution in [2.24, 2.45) is 0 Å². The van der Waals surface area contributed by atoms with E-state index in [4.69, 9.17) is 29.4 Å². The number of carbonyl (C=O) groups is 1. The first-order valence-corrected chi connectivity index (χ1v) is 9.69. The van der Waals surface area contributed by atoms with E-state index in [9.17, 15) is 23.1 Å². The molecule has 0 saturated carbocycles. The van der Waals surface area contributed by atoms with Crippen LogP contribution in [0.1, 0.15) is 0 Å². The van der Waals surface area contributed by atoms with E-state index in [2.05, 4.69) is 17.7 Å². The van der Waals surface area contributed by atoms with E-state index >= 15 is 0 Å². The molecule has 0 heterocycles. The Labute approximate surface area is 108 Å². The molecule has 20 heavy (non-hydrogen) atoms. The molecule has 6 N–H and O–H groups in total. The zero-order chi connectivity index (χ0) is 16.4. The summed E-state index contributed by atoms with van der Waals surface area (Å²) in [5, 5.41) is 0. The van der Waals surface area contributed by atoms with Crippen LogP contribution in [0, 0.1) is 0 Å². The quantitative estimate of drug-likeness (QED) is 0.319. The highest BCUT2D eigenvalue weighted by Crippen LogP contribution is 2.60. The van der Waals surface area contributed by atoms with Crippen molar-refractivity contribution in [2.75, 3.05) is 0 Å². The van der Waals surface area contributed by atoms with E-state index in [-0.39, 0.29) is 0 Å². The molecule has 0 bridgehead atoms. The molecule has 0 rings (SSSR count). The Morgan fingerprint density at radius 1 is 0.650 bits per heavy atom. The van der Waals surface area contributed by atoms with E-state index in [0.29, 0.717) is 0 Å². The minimum Gasteiger partial charge on any atom is -0.337 e. The van der Waals surface area contributed by atoms with Crippen LogP contribution in [0.15, 0.2) is 0 Å². The maximum Gasteiger partial charge on any atom is 0.541 e. The van der Waals surface area contributed by atoms with Gasteiger partial charge in [0, 0.05) is 0 Å². The summed E-state index contributed by atoms with van der Waals surface area (Å²) in [6.45, 7) is 0. The SMILES string of the molecule is O=C(OP(=O)(O)OP(=O)(O)O)OP(=O)(O)OP(=O)(O)O. The predicted octanol–water partition coefficient (Wildman–Crippen LogP) is -0.441. The molecule has 2 atom stereocenters. The van der Waals surface area contributed by atoms with Crippen molar-refractivity contribution in [1.29, 1.82) is 0 Å². The van der Waals surface area contributed by atoms with Crippen molar-refractivity contribution < 1.29 is 70.1 Å². The molecule has 15 nitrogen and oxygen atoms in total. The molecule has 0 aromatic rings. The van der Waals surface area contributed by atoms with Crippen molar-refractivity contribution in [3.05, 3.63) is 0 Å². The third kappa shape index (κ3) is 10.6. The second kappa shape index (κ2) is 6.32. The topological polar surface area (TPSA) is 244 Å². The number of hydrogen-bond acceptors (Lipinski definition) is 9. The van der Waals surface area contributed by atoms with Crippen LogP contribution in [0.3, 0.4) is 0 Å². The highest BCUT2D eigenvalue weighted by atomic mass is 31.3. The van der Waals surface area contributed by atoms with Gasteiger partial charge in [0.15, 0.2) is 0 Å². The molecular weight excluding hydrogens is 376 g/mol. The third-order valence-electron chi connectivity index (χ3n) is 0.799. The Balaban J connectivity index is 4.73. The number of phosphoric ester groups is 2. The minimum absolute atomic E-state index is 2.54. The average Bonchev–Trinajstić information content (AvgIpc) is 1.86. The van der Waals surface area contributed by atoms with Crippen LogP contribution >= 0.6 is 31.3 Å². The Morgan fingerprint density at radius 2 is 0.900 bits per heavy atom. The Morgan fingerprint density at radius 3 is 1.10 bits per heavy atom. The first kappa shape index (κ1) is 19.9. The largest absolute Gasteiger partial charge is 0.541 e. The summed E-state index contributed by atoms with van der Waals surface area (Å²) in [6.07, 6.45) is -2.54. The Kier molecular flexibility index (Phi) is 6.28. The van der Waals surface area contributed by atoms with Crippen LogP contribution in [0.2, 0.25) is 0 Å². The van der Waals surface area contributed by atoms with Crippen LogP contribution < -0.4 is 0 Å². The van der Waals surface area contributed by atoms with E-state index in [0.717, 1.165) is 0 Å². The maximum atomic E-state index is 10.8. The van der Waals surface area contributed by atoms with Gasteiger partial charge in [-0.2, -0.15) is 8.62 Å². The number of hydrogen-bond donors (Lipinski definition) is 6. The lowest BCUT2D eigenvalue weighted by Gasteiger charge is -2.14. The van der Waals surface area contributed by atoms with E-state index in [1.807, 2.05) is 0 Å². The van der Waals surface area contributed by atoms with Crippen molar-refractivity contribution >= 4 is 37.4 Å². The van der Waals surface area contributed by atoms with Gasteiger partial charge in [-0.05, 0) is 0 Å². The minimum atomic E-state index is -5.73. The molecule has 0 spiro atoms. The summed E-state index contributed by atoms with van der Waals surface area (Å²) >= 11 is 0. The van der Waals surface area contributed by atoms with Crippen LogP contribution in [0.4, 0.5) is 4.79 Å². The Hall–Kier alpha value is -0.130. The lowest BCUT2D eigenvalue weighted by atomic mass is 11.5. The molecule has 0 aromatic heterocycles. The summed E-state index contributed by atoms with van der Waals surface area (Å²) in [7, 11) is -22.6. The highest BCUT2D eigenvalue weighted by molar-refractivity contribution is 7.61. The van der Waals surface area contributed by atoms with Crippen LogP contribution in [0.5, 0.6) is 0 Å². The molecule has 0 aliphatic carbocycles. The molecule has 19 heteroatoms. The molecule has 2 unspecified atom stereocenters.